The lowest BCUT2D eigenvalue weighted by molar-refractivity contribution is 0.0686. The molecular weight excluding hydrogens is 234 g/mol. The smallest absolute Gasteiger partial charge is 0.358 e. The van der Waals surface area contributed by atoms with Gasteiger partial charge in [0.15, 0.2) is 11.5 Å². The molecule has 0 saturated heterocycles. The highest BCUT2D eigenvalue weighted by molar-refractivity contribution is 5.86. The number of carbonyl (C=O) groups is 1. The van der Waals surface area contributed by atoms with Gasteiger partial charge in [0.05, 0.1) is 12.2 Å². The van der Waals surface area contributed by atoms with Gasteiger partial charge in [-0.25, -0.2) is 4.79 Å². The van der Waals surface area contributed by atoms with E-state index in [0.29, 0.717) is 12.4 Å². The molecule has 1 aliphatic rings. The average Bonchev–Trinajstić information content (AvgIpc) is 2.87. The van der Waals surface area contributed by atoms with Gasteiger partial charge in [0.1, 0.15) is 5.75 Å². The minimum Gasteiger partial charge on any atom is -0.493 e. The van der Waals surface area contributed by atoms with Gasteiger partial charge in [0, 0.05) is 6.07 Å². The predicted octanol–water partition coefficient (Wildman–Crippen LogP) is 2.36. The van der Waals surface area contributed by atoms with Gasteiger partial charge < -0.3 is 14.4 Å². The van der Waals surface area contributed by atoms with Gasteiger partial charge in [-0.1, -0.05) is 17.3 Å². The third-order valence-electron chi connectivity index (χ3n) is 2.93. The zero-order valence-electron chi connectivity index (χ0n) is 9.55. The number of hydrogen-bond acceptors (Lipinski definition) is 4. The predicted molar refractivity (Wildman–Crippen MR) is 62.7 cm³/mol. The first kappa shape index (κ1) is 10.8. The minimum absolute atomic E-state index is 0.0987. The molecule has 0 radical (unpaired) electrons. The Morgan fingerprint density at radius 3 is 3.06 bits per heavy atom. The van der Waals surface area contributed by atoms with E-state index in [2.05, 4.69) is 5.16 Å². The van der Waals surface area contributed by atoms with Crippen molar-refractivity contribution in [2.75, 3.05) is 6.61 Å². The lowest BCUT2D eigenvalue weighted by atomic mass is 10.0. The maximum atomic E-state index is 10.8. The summed E-state index contributed by atoms with van der Waals surface area (Å²) in [5.74, 6) is 0.0960. The van der Waals surface area contributed by atoms with Crippen molar-refractivity contribution in [2.45, 2.75) is 12.8 Å². The highest BCUT2D eigenvalue weighted by Gasteiger charge is 2.19. The van der Waals surface area contributed by atoms with Crippen LogP contribution in [0.4, 0.5) is 0 Å². The van der Waals surface area contributed by atoms with Crippen LogP contribution in [0.25, 0.3) is 11.3 Å². The number of aromatic carboxylic acids is 1. The topological polar surface area (TPSA) is 72.6 Å². The summed E-state index contributed by atoms with van der Waals surface area (Å²) in [7, 11) is 0. The molecular formula is C13H11NO4. The first-order valence-corrected chi connectivity index (χ1v) is 5.71. The Morgan fingerprint density at radius 2 is 2.28 bits per heavy atom. The quantitative estimate of drug-likeness (QED) is 0.879. The molecule has 0 bridgehead atoms. The van der Waals surface area contributed by atoms with Crippen LogP contribution in [0.2, 0.25) is 0 Å². The van der Waals surface area contributed by atoms with E-state index in [9.17, 15) is 4.79 Å². The van der Waals surface area contributed by atoms with Crippen molar-refractivity contribution in [3.05, 3.63) is 35.5 Å². The van der Waals surface area contributed by atoms with E-state index in [1.165, 1.54) is 6.07 Å². The van der Waals surface area contributed by atoms with Crippen LogP contribution in [-0.4, -0.2) is 22.8 Å². The van der Waals surface area contributed by atoms with E-state index in [1.807, 2.05) is 18.2 Å². The molecule has 5 heteroatoms. The standard InChI is InChI=1S/C13H11NO4/c15-13(16)10-7-11(18-14-10)9-5-1-3-8-4-2-6-17-12(8)9/h1,3,5,7H,2,4,6H2,(H,15,16). The van der Waals surface area contributed by atoms with E-state index in [4.69, 9.17) is 14.4 Å². The van der Waals surface area contributed by atoms with Crippen LogP contribution in [0.5, 0.6) is 5.75 Å². The Labute approximate surface area is 103 Å². The van der Waals surface area contributed by atoms with Crippen molar-refractivity contribution < 1.29 is 19.2 Å². The number of ether oxygens (including phenoxy) is 1. The summed E-state index contributed by atoms with van der Waals surface area (Å²) in [6, 6.07) is 7.17. The third-order valence-corrected chi connectivity index (χ3v) is 2.93. The number of carboxylic acid groups (broad SMARTS) is 1. The van der Waals surface area contributed by atoms with Crippen LogP contribution < -0.4 is 4.74 Å². The second-order valence-corrected chi connectivity index (χ2v) is 4.13. The molecule has 18 heavy (non-hydrogen) atoms. The van der Waals surface area contributed by atoms with Crippen LogP contribution in [0.15, 0.2) is 28.8 Å². The van der Waals surface area contributed by atoms with Crippen LogP contribution >= 0.6 is 0 Å². The molecule has 0 unspecified atom stereocenters. The summed E-state index contributed by atoms with van der Waals surface area (Å²) in [4.78, 5) is 10.8. The molecule has 0 spiro atoms. The molecule has 0 saturated carbocycles. The largest absolute Gasteiger partial charge is 0.493 e. The second-order valence-electron chi connectivity index (χ2n) is 4.13. The number of carboxylic acids is 1. The van der Waals surface area contributed by atoms with Crippen molar-refractivity contribution >= 4 is 5.97 Å². The fraction of sp³-hybridized carbons (Fsp3) is 0.231. The molecule has 2 aromatic rings. The SMILES string of the molecule is O=C(O)c1cc(-c2cccc3c2OCCC3)on1. The van der Waals surface area contributed by atoms with Crippen molar-refractivity contribution in [2.24, 2.45) is 0 Å². The first-order chi connectivity index (χ1) is 8.75. The number of para-hydroxylation sites is 1. The molecule has 3 rings (SSSR count). The number of aromatic nitrogens is 1. The Kier molecular flexibility index (Phi) is 2.51. The number of fused-ring (bicyclic) bond motifs is 1. The highest BCUT2D eigenvalue weighted by atomic mass is 16.5. The molecule has 1 aromatic carbocycles. The monoisotopic (exact) mass is 245 g/mol. The summed E-state index contributed by atoms with van der Waals surface area (Å²) in [6.07, 6.45) is 1.95. The van der Waals surface area contributed by atoms with Crippen molar-refractivity contribution in [1.82, 2.24) is 5.16 Å². The summed E-state index contributed by atoms with van der Waals surface area (Å²) in [5, 5.41) is 12.3. The first-order valence-electron chi connectivity index (χ1n) is 5.71. The maximum Gasteiger partial charge on any atom is 0.358 e. The normalized spacial score (nSPS) is 13.8. The fourth-order valence-electron chi connectivity index (χ4n) is 2.09. The average molecular weight is 245 g/mol. The van der Waals surface area contributed by atoms with Crippen LogP contribution in [-0.2, 0) is 6.42 Å². The van der Waals surface area contributed by atoms with Crippen molar-refractivity contribution in [3.63, 3.8) is 0 Å². The Hall–Kier alpha value is -2.30. The molecule has 2 heterocycles. The number of nitrogens with zero attached hydrogens (tertiary/aromatic N) is 1. The zero-order valence-corrected chi connectivity index (χ0v) is 9.55. The lowest BCUT2D eigenvalue weighted by Crippen LogP contribution is -2.09. The zero-order chi connectivity index (χ0) is 12.5. The number of aryl methyl sites for hydroxylation is 1. The molecule has 0 fully saturated rings. The molecule has 1 aromatic heterocycles. The molecule has 5 nitrogen and oxygen atoms in total. The van der Waals surface area contributed by atoms with Gasteiger partial charge in [-0.3, -0.25) is 0 Å². The third kappa shape index (κ3) is 1.73. The van der Waals surface area contributed by atoms with Gasteiger partial charge in [-0.2, -0.15) is 0 Å². The van der Waals surface area contributed by atoms with Gasteiger partial charge in [-0.05, 0) is 24.5 Å². The van der Waals surface area contributed by atoms with E-state index >= 15 is 0 Å². The minimum atomic E-state index is -1.10. The van der Waals surface area contributed by atoms with Gasteiger partial charge in [0.25, 0.3) is 0 Å². The van der Waals surface area contributed by atoms with Crippen LogP contribution in [0.3, 0.4) is 0 Å². The highest BCUT2D eigenvalue weighted by Crippen LogP contribution is 2.36. The van der Waals surface area contributed by atoms with Crippen molar-refractivity contribution in [3.8, 4) is 17.1 Å². The van der Waals surface area contributed by atoms with Gasteiger partial charge >= 0.3 is 5.97 Å². The van der Waals surface area contributed by atoms with E-state index < -0.39 is 5.97 Å². The summed E-state index contributed by atoms with van der Waals surface area (Å²) >= 11 is 0. The van der Waals surface area contributed by atoms with E-state index in [-0.39, 0.29) is 5.69 Å². The van der Waals surface area contributed by atoms with E-state index in [0.717, 1.165) is 29.7 Å². The fourth-order valence-corrected chi connectivity index (χ4v) is 2.09. The summed E-state index contributed by atoms with van der Waals surface area (Å²) in [5.41, 5.74) is 1.78. The molecule has 1 aliphatic heterocycles. The molecule has 92 valence electrons. The maximum absolute atomic E-state index is 10.8. The second kappa shape index (κ2) is 4.18. The van der Waals surface area contributed by atoms with Crippen molar-refractivity contribution in [1.29, 1.82) is 0 Å². The number of hydrogen-bond donors (Lipinski definition) is 1. The van der Waals surface area contributed by atoms with Crippen LogP contribution in [0, 0.1) is 0 Å². The molecule has 0 atom stereocenters. The van der Waals surface area contributed by atoms with Gasteiger partial charge in [-0.15, -0.1) is 0 Å². The van der Waals surface area contributed by atoms with Gasteiger partial charge in [0.2, 0.25) is 0 Å². The Morgan fingerprint density at radius 1 is 1.39 bits per heavy atom. The Bertz CT molecular complexity index is 603. The lowest BCUT2D eigenvalue weighted by Gasteiger charge is -2.19. The number of rotatable bonds is 2. The van der Waals surface area contributed by atoms with E-state index in [1.54, 1.807) is 0 Å². The molecule has 0 aliphatic carbocycles. The summed E-state index contributed by atoms with van der Waals surface area (Å²) in [6.45, 7) is 0.671. The number of benzene rings is 1. The molecule has 0 amide bonds. The Balaban J connectivity index is 2.08. The van der Waals surface area contributed by atoms with Crippen LogP contribution in [0.1, 0.15) is 22.5 Å². The summed E-state index contributed by atoms with van der Waals surface area (Å²) < 4.78 is 10.7. The molecule has 1 N–H and O–H groups in total.